The van der Waals surface area contributed by atoms with Crippen LogP contribution in [0, 0.1) is 5.92 Å². The normalized spacial score (nSPS) is 25.4. The topological polar surface area (TPSA) is 167 Å². The van der Waals surface area contributed by atoms with Crippen LogP contribution in [0.25, 0.3) is 0 Å². The Morgan fingerprint density at radius 2 is 1.62 bits per heavy atom. The first kappa shape index (κ1) is 31.7. The molecule has 230 valence electrons. The molecule has 5 N–H and O–H groups in total. The number of Topliss-reactive ketones (excluding diaryl/α,β-unsaturated/α-hetero) is 1. The lowest BCUT2D eigenvalue weighted by Crippen LogP contribution is -2.58. The maximum atomic E-state index is 13.7. The molecular weight excluding hydrogens is 542 g/mol. The second-order valence-electron chi connectivity index (χ2n) is 11.8. The van der Waals surface area contributed by atoms with Gasteiger partial charge in [-0.3, -0.25) is 19.2 Å². The number of hydrogen-bond acceptors (Lipinski definition) is 8. The molecular formula is C31H43N3O8. The van der Waals surface area contributed by atoms with Gasteiger partial charge in [0.2, 0.25) is 17.7 Å². The number of epoxide rings is 1. The van der Waals surface area contributed by atoms with Crippen molar-refractivity contribution >= 4 is 23.5 Å². The quantitative estimate of drug-likeness (QED) is 0.160. The van der Waals surface area contributed by atoms with E-state index < -0.39 is 48.3 Å². The molecule has 0 spiro atoms. The molecule has 0 radical (unpaired) electrons. The van der Waals surface area contributed by atoms with Gasteiger partial charge in [-0.25, -0.2) is 0 Å². The van der Waals surface area contributed by atoms with Crippen molar-refractivity contribution in [1.29, 1.82) is 0 Å². The minimum Gasteiger partial charge on any atom is -0.497 e. The fourth-order valence-electron chi connectivity index (χ4n) is 5.59. The number of allylic oxidation sites excluding steroid dienone is 1. The van der Waals surface area contributed by atoms with Gasteiger partial charge in [0.25, 0.3) is 0 Å². The molecule has 11 nitrogen and oxygen atoms in total. The Bertz CT molecular complexity index is 1160. The van der Waals surface area contributed by atoms with E-state index in [1.807, 2.05) is 0 Å². The molecule has 1 saturated heterocycles. The Hall–Kier alpha value is -3.28. The summed E-state index contributed by atoms with van der Waals surface area (Å²) in [5.41, 5.74) is 0.903. The lowest BCUT2D eigenvalue weighted by atomic mass is 9.87. The van der Waals surface area contributed by atoms with Crippen LogP contribution in [0.4, 0.5) is 0 Å². The second-order valence-corrected chi connectivity index (χ2v) is 11.8. The van der Waals surface area contributed by atoms with Crippen molar-refractivity contribution < 1.29 is 38.9 Å². The molecule has 3 amide bonds. The van der Waals surface area contributed by atoms with Crippen molar-refractivity contribution in [2.45, 2.75) is 94.5 Å². The molecule has 3 aliphatic rings. The van der Waals surface area contributed by atoms with Crippen LogP contribution in [0.2, 0.25) is 0 Å². The molecule has 0 unspecified atom stereocenters. The monoisotopic (exact) mass is 585 g/mol. The van der Waals surface area contributed by atoms with E-state index in [1.54, 1.807) is 38.3 Å². The van der Waals surface area contributed by atoms with E-state index in [2.05, 4.69) is 22.0 Å². The van der Waals surface area contributed by atoms with Crippen molar-refractivity contribution in [2.75, 3.05) is 20.3 Å². The first-order valence-electron chi connectivity index (χ1n) is 14.8. The first-order chi connectivity index (χ1) is 20.1. The second kappa shape index (κ2) is 14.3. The van der Waals surface area contributed by atoms with Gasteiger partial charge in [-0.05, 0) is 76.0 Å². The molecule has 4 rings (SSSR count). The molecule has 2 aliphatic carbocycles. The van der Waals surface area contributed by atoms with Crippen molar-refractivity contribution in [1.82, 2.24) is 16.0 Å². The summed E-state index contributed by atoms with van der Waals surface area (Å²) in [7, 11) is 1.55. The number of ether oxygens (including phenoxy) is 2. The summed E-state index contributed by atoms with van der Waals surface area (Å²) < 4.78 is 10.6. The number of ketones is 1. The van der Waals surface area contributed by atoms with Crippen molar-refractivity contribution in [3.63, 3.8) is 0 Å². The zero-order valence-electron chi connectivity index (χ0n) is 24.4. The molecule has 2 fully saturated rings. The number of methoxy groups -OCH3 is 1. The third kappa shape index (κ3) is 8.39. The summed E-state index contributed by atoms with van der Waals surface area (Å²) >= 11 is 0. The minimum atomic E-state index is -1.27. The zero-order valence-corrected chi connectivity index (χ0v) is 24.4. The highest BCUT2D eigenvalue weighted by atomic mass is 16.6. The molecule has 1 saturated carbocycles. The van der Waals surface area contributed by atoms with Crippen LogP contribution in [0.3, 0.4) is 0 Å². The van der Waals surface area contributed by atoms with E-state index in [-0.39, 0.29) is 24.0 Å². The van der Waals surface area contributed by atoms with Gasteiger partial charge in [-0.2, -0.15) is 0 Å². The van der Waals surface area contributed by atoms with Crippen LogP contribution in [0.1, 0.15) is 63.9 Å². The molecule has 1 aromatic carbocycles. The number of hydrogen-bond donors (Lipinski definition) is 5. The van der Waals surface area contributed by atoms with Gasteiger partial charge in [0.05, 0.1) is 32.5 Å². The van der Waals surface area contributed by atoms with E-state index in [4.69, 9.17) is 9.47 Å². The van der Waals surface area contributed by atoms with Crippen molar-refractivity contribution in [2.24, 2.45) is 5.92 Å². The van der Waals surface area contributed by atoms with Crippen LogP contribution >= 0.6 is 0 Å². The maximum Gasteiger partial charge on any atom is 0.245 e. The first-order valence-corrected chi connectivity index (χ1v) is 14.8. The Labute approximate surface area is 246 Å². The van der Waals surface area contributed by atoms with E-state index in [0.717, 1.165) is 30.4 Å². The molecule has 0 aromatic heterocycles. The van der Waals surface area contributed by atoms with Gasteiger partial charge in [-0.1, -0.05) is 23.8 Å². The van der Waals surface area contributed by atoms with Gasteiger partial charge in [0, 0.05) is 12.3 Å². The number of aliphatic hydroxyl groups is 2. The Morgan fingerprint density at radius 3 is 2.19 bits per heavy atom. The van der Waals surface area contributed by atoms with Crippen LogP contribution in [-0.2, 0) is 30.3 Å². The highest BCUT2D eigenvalue weighted by molar-refractivity contribution is 5.98. The van der Waals surface area contributed by atoms with E-state index in [0.29, 0.717) is 44.5 Å². The molecule has 4 atom stereocenters. The minimum absolute atomic E-state index is 0.103. The fraction of sp³-hybridized carbons (Fsp3) is 0.613. The van der Waals surface area contributed by atoms with Gasteiger partial charge in [0.1, 0.15) is 23.4 Å². The fourth-order valence-corrected chi connectivity index (χ4v) is 5.59. The molecule has 1 heterocycles. The smallest absolute Gasteiger partial charge is 0.245 e. The molecule has 0 bridgehead atoms. The predicted octanol–water partition coefficient (Wildman–Crippen LogP) is 1.09. The molecule has 42 heavy (non-hydrogen) atoms. The number of benzene rings is 1. The maximum absolute atomic E-state index is 13.7. The SMILES string of the molecule is COc1ccc(C[C@H](NC(=O)[C@@H](CO)NC(=O)C2CCC(O)CC2)C(=O)N[C@@H](CC2=CCCC2)C(=O)[C@@]2(C)CO2)cc1. The highest BCUT2D eigenvalue weighted by Crippen LogP contribution is 2.31. The summed E-state index contributed by atoms with van der Waals surface area (Å²) in [6.45, 7) is 1.34. The average molecular weight is 586 g/mol. The Morgan fingerprint density at radius 1 is 0.976 bits per heavy atom. The van der Waals surface area contributed by atoms with Crippen LogP contribution in [0.5, 0.6) is 5.75 Å². The third-order valence-electron chi connectivity index (χ3n) is 8.45. The van der Waals surface area contributed by atoms with E-state index in [1.165, 1.54) is 0 Å². The van der Waals surface area contributed by atoms with Gasteiger partial charge < -0.3 is 35.6 Å². The molecule has 1 aromatic rings. The third-order valence-corrected chi connectivity index (χ3v) is 8.45. The summed E-state index contributed by atoms with van der Waals surface area (Å²) in [5.74, 6) is -1.58. The average Bonchev–Trinajstić information content (AvgIpc) is 3.53. The van der Waals surface area contributed by atoms with Crippen molar-refractivity contribution in [3.05, 3.63) is 41.5 Å². The number of nitrogens with one attached hydrogen (secondary N) is 3. The summed E-state index contributed by atoms with van der Waals surface area (Å²) in [5, 5.41) is 27.9. The number of aliphatic hydroxyl groups excluding tert-OH is 2. The summed E-state index contributed by atoms with van der Waals surface area (Å²) in [6, 6.07) is 3.86. The lowest BCUT2D eigenvalue weighted by molar-refractivity contribution is -0.135. The number of carbonyl (C=O) groups excluding carboxylic acids is 4. The predicted molar refractivity (Wildman–Crippen MR) is 153 cm³/mol. The van der Waals surface area contributed by atoms with E-state index >= 15 is 0 Å². The Kier molecular flexibility index (Phi) is 10.7. The van der Waals surface area contributed by atoms with Crippen LogP contribution < -0.4 is 20.7 Å². The van der Waals surface area contributed by atoms with Gasteiger partial charge in [-0.15, -0.1) is 0 Å². The number of carbonyl (C=O) groups is 4. The van der Waals surface area contributed by atoms with Gasteiger partial charge in [0.15, 0.2) is 5.78 Å². The standard InChI is InChI=1S/C31H43N3O8/c1-31(18-42-31)27(37)24(15-19-5-3-4-6-19)32-29(39)25(16-20-7-13-23(41-2)14-8-20)33-30(40)26(17-35)34-28(38)21-9-11-22(36)12-10-21/h5,7-8,13-14,21-22,24-26,35-36H,3-4,6,9-12,15-18H2,1-2H3,(H,32,39)(H,33,40)(H,34,38)/t21?,22?,24-,25-,26+,31+/m0/s1. The summed E-state index contributed by atoms with van der Waals surface area (Å²) in [4.78, 5) is 53.1. The molecule has 1 aliphatic heterocycles. The largest absolute Gasteiger partial charge is 0.497 e. The number of amides is 3. The highest BCUT2D eigenvalue weighted by Gasteiger charge is 2.50. The van der Waals surface area contributed by atoms with Gasteiger partial charge >= 0.3 is 0 Å². The molecule has 11 heteroatoms. The number of rotatable bonds is 14. The Balaban J connectivity index is 1.48. The van der Waals surface area contributed by atoms with Crippen molar-refractivity contribution in [3.8, 4) is 5.75 Å². The van der Waals surface area contributed by atoms with Crippen LogP contribution in [0.15, 0.2) is 35.9 Å². The zero-order chi connectivity index (χ0) is 30.3. The lowest BCUT2D eigenvalue weighted by Gasteiger charge is -2.28. The summed E-state index contributed by atoms with van der Waals surface area (Å²) in [6.07, 6.45) is 6.92. The van der Waals surface area contributed by atoms with E-state index in [9.17, 15) is 29.4 Å². The van der Waals surface area contributed by atoms with Crippen LogP contribution in [-0.4, -0.2) is 83.9 Å².